The number of aliphatic hydroxyl groups excluding tert-OH is 1. The summed E-state index contributed by atoms with van der Waals surface area (Å²) in [5, 5.41) is 23.5. The van der Waals surface area contributed by atoms with Gasteiger partial charge in [-0.15, -0.1) is 0 Å². The number of anilines is 2. The van der Waals surface area contributed by atoms with Crippen molar-refractivity contribution >= 4 is 49.5 Å². The number of nitrogens with two attached hydrogens (primary N) is 2. The predicted octanol–water partition coefficient (Wildman–Crippen LogP) is 2.69. The van der Waals surface area contributed by atoms with Crippen LogP contribution in [0.4, 0.5) is 16.0 Å². The van der Waals surface area contributed by atoms with Crippen LogP contribution in [0.15, 0.2) is 41.3 Å². The zero-order valence-corrected chi connectivity index (χ0v) is 19.5. The summed E-state index contributed by atoms with van der Waals surface area (Å²) in [5.41, 5.74) is 12.3. The maximum absolute atomic E-state index is 14.6. The molecule has 4 heterocycles. The number of halogens is 2. The van der Waals surface area contributed by atoms with E-state index >= 15 is 0 Å². The Morgan fingerprint density at radius 2 is 2.06 bits per heavy atom. The Bertz CT molecular complexity index is 1450. The maximum atomic E-state index is 14.6. The van der Waals surface area contributed by atoms with Crippen molar-refractivity contribution in [1.29, 1.82) is 0 Å². The second-order valence-electron chi connectivity index (χ2n) is 9.11. The minimum Gasteiger partial charge on any atom is -0.385 e. The van der Waals surface area contributed by atoms with Gasteiger partial charge in [0.1, 0.15) is 29.7 Å². The highest BCUT2D eigenvalue weighted by Gasteiger charge is 2.61. The molecule has 5 atom stereocenters. The predicted molar refractivity (Wildman–Crippen MR) is 127 cm³/mol. The van der Waals surface area contributed by atoms with Crippen molar-refractivity contribution in [2.24, 2.45) is 5.92 Å². The number of benzene rings is 1. The van der Waals surface area contributed by atoms with Gasteiger partial charge < -0.3 is 31.0 Å². The molecule has 3 aromatic heterocycles. The summed E-state index contributed by atoms with van der Waals surface area (Å²) in [6.45, 7) is 0. The normalized spacial score (nSPS) is 28.7. The lowest BCUT2D eigenvalue weighted by molar-refractivity contribution is -0.0675. The molecule has 1 aromatic carbocycles. The molecule has 0 bridgehead atoms. The van der Waals surface area contributed by atoms with Crippen molar-refractivity contribution in [2.45, 2.75) is 43.3 Å². The number of aromatic nitrogens is 4. The van der Waals surface area contributed by atoms with E-state index in [1.807, 2.05) is 24.3 Å². The number of fused-ring (bicyclic) bond motifs is 3. The fraction of sp³-hybridized carbons (Fsp3) is 0.348. The summed E-state index contributed by atoms with van der Waals surface area (Å²) in [4.78, 5) is 12.4. The monoisotopic (exact) mass is 528 g/mol. The lowest BCUT2D eigenvalue weighted by atomic mass is 9.90. The van der Waals surface area contributed by atoms with Crippen LogP contribution in [0.5, 0.6) is 0 Å². The van der Waals surface area contributed by atoms with E-state index in [4.69, 9.17) is 16.2 Å². The standard InChI is InChI=1S/C23H22BrFN6O3/c24-13-7-11-2-1-10(6-15(11)30-19(13)26)5-12-3-4-23(33)17(32)22(34-18(12)23)31-8-14(25)16-20(27)28-9-29-21(16)31/h1-2,6-9,12,17-18,22,32-33H,3-5H2,(H2,26,30)(H2,27,28,29)/t12-,17-,18+,22+,23-/m0/s1. The number of nitrogen functional groups attached to an aromatic ring is 2. The van der Waals surface area contributed by atoms with Gasteiger partial charge in [-0.1, -0.05) is 12.1 Å². The van der Waals surface area contributed by atoms with Crippen LogP contribution in [0.1, 0.15) is 24.6 Å². The third-order valence-corrected chi connectivity index (χ3v) is 7.77. The number of pyridine rings is 1. The number of ether oxygens (including phenoxy) is 1. The molecule has 9 nitrogen and oxygen atoms in total. The molecule has 6 rings (SSSR count). The van der Waals surface area contributed by atoms with Crippen LogP contribution in [0.25, 0.3) is 21.9 Å². The third kappa shape index (κ3) is 3.11. The minimum atomic E-state index is -1.45. The van der Waals surface area contributed by atoms with Gasteiger partial charge in [0.15, 0.2) is 17.7 Å². The fourth-order valence-electron chi connectivity index (χ4n) is 5.45. The Hall–Kier alpha value is -2.86. The molecule has 2 aliphatic rings. The number of hydrogen-bond acceptors (Lipinski definition) is 8. The molecule has 0 amide bonds. The van der Waals surface area contributed by atoms with Crippen molar-refractivity contribution < 1.29 is 19.3 Å². The highest BCUT2D eigenvalue weighted by molar-refractivity contribution is 9.10. The van der Waals surface area contributed by atoms with Gasteiger partial charge in [0, 0.05) is 11.6 Å². The molecule has 4 aromatic rings. The summed E-state index contributed by atoms with van der Waals surface area (Å²) in [5.74, 6) is -0.246. The van der Waals surface area contributed by atoms with E-state index in [2.05, 4.69) is 30.9 Å². The second-order valence-corrected chi connectivity index (χ2v) is 9.96. The average Bonchev–Trinajstić information content (AvgIpc) is 3.39. The van der Waals surface area contributed by atoms with Crippen LogP contribution in [0.2, 0.25) is 0 Å². The summed E-state index contributed by atoms with van der Waals surface area (Å²) in [6, 6.07) is 7.90. The van der Waals surface area contributed by atoms with Gasteiger partial charge in [-0.05, 0) is 58.8 Å². The van der Waals surface area contributed by atoms with Crippen molar-refractivity contribution in [2.75, 3.05) is 11.5 Å². The van der Waals surface area contributed by atoms with E-state index in [0.717, 1.165) is 20.9 Å². The molecule has 0 radical (unpaired) electrons. The fourth-order valence-corrected chi connectivity index (χ4v) is 5.78. The highest BCUT2D eigenvalue weighted by atomic mass is 79.9. The molecule has 176 valence electrons. The largest absolute Gasteiger partial charge is 0.385 e. The van der Waals surface area contributed by atoms with Crippen molar-refractivity contribution in [3.8, 4) is 0 Å². The summed E-state index contributed by atoms with van der Waals surface area (Å²) >= 11 is 3.40. The highest BCUT2D eigenvalue weighted by Crippen LogP contribution is 2.51. The van der Waals surface area contributed by atoms with Crippen LogP contribution in [0.3, 0.4) is 0 Å². The van der Waals surface area contributed by atoms with Crippen molar-refractivity contribution in [3.63, 3.8) is 0 Å². The molecular formula is C23H22BrFN6O3. The van der Waals surface area contributed by atoms with E-state index in [-0.39, 0.29) is 22.8 Å². The Kier molecular flexibility index (Phi) is 4.82. The molecule has 11 heteroatoms. The van der Waals surface area contributed by atoms with Gasteiger partial charge in [0.2, 0.25) is 0 Å². The molecule has 34 heavy (non-hydrogen) atoms. The van der Waals surface area contributed by atoms with Crippen LogP contribution in [-0.4, -0.2) is 47.5 Å². The zero-order chi connectivity index (χ0) is 23.8. The molecule has 1 saturated heterocycles. The van der Waals surface area contributed by atoms with Gasteiger partial charge in [0.05, 0.1) is 21.5 Å². The first-order chi connectivity index (χ1) is 16.3. The lowest BCUT2D eigenvalue weighted by Crippen LogP contribution is -2.45. The van der Waals surface area contributed by atoms with Gasteiger partial charge in [-0.2, -0.15) is 0 Å². The maximum Gasteiger partial charge on any atom is 0.164 e. The molecule has 0 unspecified atom stereocenters. The number of aliphatic hydroxyl groups is 2. The second kappa shape index (κ2) is 7.57. The molecule has 2 fully saturated rings. The van der Waals surface area contributed by atoms with Crippen molar-refractivity contribution in [3.05, 3.63) is 52.6 Å². The quantitative estimate of drug-likeness (QED) is 0.317. The average molecular weight is 529 g/mol. The summed E-state index contributed by atoms with van der Waals surface area (Å²) in [6.07, 6.45) is 1.17. The molecule has 1 aliphatic carbocycles. The SMILES string of the molecule is Nc1nc2cc(C[C@@H]3CC[C@@]4(O)[C@@H]3O[C@@H](n3cc(F)c5c(N)ncnc53)[C@@H]4O)ccc2cc1Br. The van der Waals surface area contributed by atoms with Gasteiger partial charge in [-0.3, -0.25) is 0 Å². The Morgan fingerprint density at radius 1 is 1.24 bits per heavy atom. The van der Waals surface area contributed by atoms with E-state index in [9.17, 15) is 14.6 Å². The third-order valence-electron chi connectivity index (χ3n) is 7.13. The molecule has 0 spiro atoms. The Morgan fingerprint density at radius 3 is 2.88 bits per heavy atom. The zero-order valence-electron chi connectivity index (χ0n) is 17.9. The first-order valence-electron chi connectivity index (χ1n) is 10.9. The van der Waals surface area contributed by atoms with Crippen LogP contribution in [-0.2, 0) is 11.2 Å². The van der Waals surface area contributed by atoms with Gasteiger partial charge >= 0.3 is 0 Å². The van der Waals surface area contributed by atoms with E-state index in [1.54, 1.807) is 0 Å². The lowest BCUT2D eigenvalue weighted by Gasteiger charge is -2.26. The first kappa shape index (κ1) is 21.7. The van der Waals surface area contributed by atoms with Gasteiger partial charge in [-0.25, -0.2) is 19.3 Å². The summed E-state index contributed by atoms with van der Waals surface area (Å²) in [7, 11) is 0. The van der Waals surface area contributed by atoms with Crippen LogP contribution < -0.4 is 11.5 Å². The minimum absolute atomic E-state index is 0.00287. The number of nitrogens with zero attached hydrogens (tertiary/aromatic N) is 4. The molecular weight excluding hydrogens is 507 g/mol. The van der Waals surface area contributed by atoms with Gasteiger partial charge in [0.25, 0.3) is 0 Å². The number of hydrogen-bond donors (Lipinski definition) is 4. The van der Waals surface area contributed by atoms with Crippen LogP contribution >= 0.6 is 15.9 Å². The molecule has 1 aliphatic heterocycles. The topological polar surface area (TPSA) is 145 Å². The van der Waals surface area contributed by atoms with E-state index < -0.39 is 29.9 Å². The van der Waals surface area contributed by atoms with E-state index in [0.29, 0.717) is 25.1 Å². The smallest absolute Gasteiger partial charge is 0.164 e. The Balaban J connectivity index is 1.31. The van der Waals surface area contributed by atoms with E-state index in [1.165, 1.54) is 17.1 Å². The molecule has 1 saturated carbocycles. The Labute approximate surface area is 201 Å². The van der Waals surface area contributed by atoms with Crippen molar-refractivity contribution in [1.82, 2.24) is 19.5 Å². The first-order valence-corrected chi connectivity index (χ1v) is 11.7. The molecule has 6 N–H and O–H groups in total. The van der Waals surface area contributed by atoms with Crippen LogP contribution in [0, 0.1) is 11.7 Å². The number of rotatable bonds is 3. The summed E-state index contributed by atoms with van der Waals surface area (Å²) < 4.78 is 22.9.